The smallest absolute Gasteiger partial charge is 0.243 e. The van der Waals surface area contributed by atoms with Crippen LogP contribution in [0, 0.1) is 16.7 Å². The molecule has 1 N–H and O–H groups in total. The van der Waals surface area contributed by atoms with Gasteiger partial charge in [-0.1, -0.05) is 38.5 Å². The van der Waals surface area contributed by atoms with Gasteiger partial charge in [0.2, 0.25) is 5.91 Å². The normalized spacial score (nSPS) is 30.1. The predicted molar refractivity (Wildman–Crippen MR) is 76.8 cm³/mol. The summed E-state index contributed by atoms with van der Waals surface area (Å²) >= 11 is 0. The Morgan fingerprint density at radius 3 is 2.30 bits per heavy atom. The molecule has 112 valence electrons. The number of aliphatic hydroxyl groups excluding tert-OH is 1. The average molecular weight is 278 g/mol. The lowest BCUT2D eigenvalue weighted by Gasteiger charge is -2.39. The first kappa shape index (κ1) is 15.3. The first-order chi connectivity index (χ1) is 9.60. The molecule has 2 unspecified atom stereocenters. The summed E-state index contributed by atoms with van der Waals surface area (Å²) in [6.07, 6.45) is 8.78. The minimum absolute atomic E-state index is 0.0622. The molecule has 0 aromatic carbocycles. The van der Waals surface area contributed by atoms with Gasteiger partial charge >= 0.3 is 0 Å². The van der Waals surface area contributed by atoms with E-state index in [9.17, 15) is 15.2 Å². The molecular formula is C16H26N2O2. The number of nitrogens with zero attached hydrogens (tertiary/aromatic N) is 2. The molecule has 0 bridgehead atoms. The Balaban J connectivity index is 2.12. The van der Waals surface area contributed by atoms with Crippen molar-refractivity contribution in [2.45, 2.75) is 76.4 Å². The first-order valence-corrected chi connectivity index (χ1v) is 7.97. The third kappa shape index (κ3) is 2.98. The fourth-order valence-electron chi connectivity index (χ4n) is 3.74. The van der Waals surface area contributed by atoms with Gasteiger partial charge in [0, 0.05) is 7.05 Å². The molecule has 0 spiro atoms. The van der Waals surface area contributed by atoms with Crippen molar-refractivity contribution >= 4 is 5.91 Å². The van der Waals surface area contributed by atoms with Gasteiger partial charge in [-0.3, -0.25) is 4.79 Å². The van der Waals surface area contributed by atoms with Crippen LogP contribution in [0.25, 0.3) is 0 Å². The van der Waals surface area contributed by atoms with Gasteiger partial charge in [-0.05, 0) is 25.7 Å². The molecule has 2 aliphatic rings. The number of carbonyl (C=O) groups is 1. The molecule has 2 aliphatic carbocycles. The second kappa shape index (κ2) is 6.58. The quantitative estimate of drug-likeness (QED) is 0.790. The second-order valence-corrected chi connectivity index (χ2v) is 6.44. The van der Waals surface area contributed by atoms with Crippen LogP contribution in [0.15, 0.2) is 0 Å². The number of amides is 1. The molecule has 4 heteroatoms. The summed E-state index contributed by atoms with van der Waals surface area (Å²) in [5, 5.41) is 19.7. The van der Waals surface area contributed by atoms with Crippen molar-refractivity contribution in [2.24, 2.45) is 5.41 Å². The van der Waals surface area contributed by atoms with Gasteiger partial charge in [-0.15, -0.1) is 0 Å². The topological polar surface area (TPSA) is 64.3 Å². The second-order valence-electron chi connectivity index (χ2n) is 6.44. The summed E-state index contributed by atoms with van der Waals surface area (Å²) in [4.78, 5) is 14.5. The fourth-order valence-corrected chi connectivity index (χ4v) is 3.74. The number of likely N-dealkylation sites (N-methyl/N-ethyl adjacent to an activating group) is 1. The number of hydrogen-bond acceptors (Lipinski definition) is 3. The predicted octanol–water partition coefficient (Wildman–Crippen LogP) is 2.61. The van der Waals surface area contributed by atoms with E-state index in [1.54, 1.807) is 11.9 Å². The fraction of sp³-hybridized carbons (Fsp3) is 0.875. The Hall–Kier alpha value is -1.08. The van der Waals surface area contributed by atoms with Crippen molar-refractivity contribution in [1.29, 1.82) is 5.26 Å². The Morgan fingerprint density at radius 2 is 1.75 bits per heavy atom. The summed E-state index contributed by atoms with van der Waals surface area (Å²) in [6.45, 7) is 0. The van der Waals surface area contributed by atoms with E-state index in [-0.39, 0.29) is 11.9 Å². The monoisotopic (exact) mass is 278 g/mol. The molecule has 0 heterocycles. The highest BCUT2D eigenvalue weighted by atomic mass is 16.3. The van der Waals surface area contributed by atoms with Gasteiger partial charge in [-0.2, -0.15) is 5.26 Å². The lowest BCUT2D eigenvalue weighted by Crippen LogP contribution is -2.51. The number of nitriles is 1. The lowest BCUT2D eigenvalue weighted by molar-refractivity contribution is -0.144. The van der Waals surface area contributed by atoms with E-state index >= 15 is 0 Å². The zero-order valence-corrected chi connectivity index (χ0v) is 12.5. The van der Waals surface area contributed by atoms with E-state index in [2.05, 4.69) is 6.07 Å². The van der Waals surface area contributed by atoms with Crippen LogP contribution in [-0.2, 0) is 4.79 Å². The van der Waals surface area contributed by atoms with Crippen LogP contribution in [0.5, 0.6) is 0 Å². The number of carbonyl (C=O) groups excluding carboxylic acids is 1. The van der Waals surface area contributed by atoms with Gasteiger partial charge in [-0.25, -0.2) is 0 Å². The van der Waals surface area contributed by atoms with Gasteiger partial charge < -0.3 is 10.0 Å². The molecule has 2 saturated carbocycles. The van der Waals surface area contributed by atoms with Gasteiger partial charge in [0.1, 0.15) is 5.41 Å². The van der Waals surface area contributed by atoms with E-state index in [1.165, 1.54) is 0 Å². The molecule has 0 aliphatic heterocycles. The number of aliphatic hydroxyl groups is 1. The van der Waals surface area contributed by atoms with Crippen molar-refractivity contribution < 1.29 is 9.90 Å². The van der Waals surface area contributed by atoms with Crippen molar-refractivity contribution in [1.82, 2.24) is 4.90 Å². The Morgan fingerprint density at radius 1 is 1.15 bits per heavy atom. The molecule has 0 aromatic rings. The van der Waals surface area contributed by atoms with Crippen LogP contribution in [0.2, 0.25) is 0 Å². The molecule has 0 saturated heterocycles. The van der Waals surface area contributed by atoms with Crippen LogP contribution in [0.4, 0.5) is 0 Å². The van der Waals surface area contributed by atoms with E-state index < -0.39 is 11.5 Å². The average Bonchev–Trinajstić information content (AvgIpc) is 2.72. The highest BCUT2D eigenvalue weighted by Crippen LogP contribution is 2.37. The van der Waals surface area contributed by atoms with Gasteiger partial charge in [0.25, 0.3) is 0 Å². The molecule has 1 amide bonds. The van der Waals surface area contributed by atoms with Gasteiger partial charge in [0.15, 0.2) is 0 Å². The van der Waals surface area contributed by atoms with Crippen LogP contribution in [0.1, 0.15) is 64.2 Å². The van der Waals surface area contributed by atoms with Crippen molar-refractivity contribution in [2.75, 3.05) is 7.05 Å². The van der Waals surface area contributed by atoms with Crippen molar-refractivity contribution in [3.8, 4) is 6.07 Å². The molecule has 0 aromatic heterocycles. The Bertz CT molecular complexity index is 380. The highest BCUT2D eigenvalue weighted by Gasteiger charge is 2.43. The zero-order valence-electron chi connectivity index (χ0n) is 12.5. The first-order valence-electron chi connectivity index (χ1n) is 7.97. The van der Waals surface area contributed by atoms with Crippen LogP contribution < -0.4 is 0 Å². The highest BCUT2D eigenvalue weighted by molar-refractivity contribution is 5.85. The SMILES string of the molecule is CN(C(=O)C1(C#N)CCCCCC1)C1CCCCC1O. The van der Waals surface area contributed by atoms with Crippen LogP contribution in [-0.4, -0.2) is 35.1 Å². The zero-order chi connectivity index (χ0) is 14.6. The van der Waals surface area contributed by atoms with Gasteiger partial charge in [0.05, 0.1) is 18.2 Å². The summed E-state index contributed by atoms with van der Waals surface area (Å²) in [5.74, 6) is -0.0622. The molecular weight excluding hydrogens is 252 g/mol. The standard InChI is InChI=1S/C16H26N2O2/c1-18(13-8-4-5-9-14(13)19)15(20)16(12-17)10-6-2-3-7-11-16/h13-14,19H,2-11H2,1H3. The van der Waals surface area contributed by atoms with Crippen LogP contribution in [0.3, 0.4) is 0 Å². The summed E-state index contributed by atoms with van der Waals surface area (Å²) in [5.41, 5.74) is -0.845. The minimum atomic E-state index is -0.845. The molecule has 2 atom stereocenters. The van der Waals surface area contributed by atoms with E-state index in [0.717, 1.165) is 51.4 Å². The Labute approximate surface area is 121 Å². The van der Waals surface area contributed by atoms with Crippen molar-refractivity contribution in [3.63, 3.8) is 0 Å². The Kier molecular flexibility index (Phi) is 5.04. The maximum atomic E-state index is 12.8. The molecule has 0 radical (unpaired) electrons. The summed E-state index contributed by atoms with van der Waals surface area (Å²) in [6, 6.07) is 2.21. The van der Waals surface area contributed by atoms with E-state index in [1.807, 2.05) is 0 Å². The molecule has 20 heavy (non-hydrogen) atoms. The summed E-state index contributed by atoms with van der Waals surface area (Å²) in [7, 11) is 1.77. The minimum Gasteiger partial charge on any atom is -0.391 e. The summed E-state index contributed by atoms with van der Waals surface area (Å²) < 4.78 is 0. The van der Waals surface area contributed by atoms with E-state index in [4.69, 9.17) is 0 Å². The van der Waals surface area contributed by atoms with Crippen molar-refractivity contribution in [3.05, 3.63) is 0 Å². The maximum Gasteiger partial charge on any atom is 0.243 e. The third-order valence-electron chi connectivity index (χ3n) is 5.09. The van der Waals surface area contributed by atoms with E-state index in [0.29, 0.717) is 12.8 Å². The van der Waals surface area contributed by atoms with Crippen LogP contribution >= 0.6 is 0 Å². The molecule has 4 nitrogen and oxygen atoms in total. The number of rotatable bonds is 2. The third-order valence-corrected chi connectivity index (χ3v) is 5.09. The maximum absolute atomic E-state index is 12.8. The number of hydrogen-bond donors (Lipinski definition) is 1. The molecule has 2 fully saturated rings. The molecule has 2 rings (SSSR count). The lowest BCUT2D eigenvalue weighted by atomic mass is 9.79. The largest absolute Gasteiger partial charge is 0.391 e.